The Morgan fingerprint density at radius 2 is 2.22 bits per heavy atom. The molecule has 2 rings (SSSR count). The molecule has 0 aromatic carbocycles. The quantitative estimate of drug-likeness (QED) is 0.779. The molecule has 126 valence electrons. The van der Waals surface area contributed by atoms with E-state index in [2.05, 4.69) is 29.0 Å². The molecule has 1 aliphatic rings. The number of aliphatic carboxylic acids is 1. The molecular weight excluding hydrogens is 314 g/mol. The Bertz CT molecular complexity index is 567. The summed E-state index contributed by atoms with van der Waals surface area (Å²) in [7, 11) is 0. The fourth-order valence-electron chi connectivity index (χ4n) is 2.79. The highest BCUT2D eigenvalue weighted by molar-refractivity contribution is 6.33. The SMILES string of the molecule is CC(C)CN1CCC(Nc2ncc(/C=C/C(=O)O)cc2Cl)CC1. The number of nitrogens with one attached hydrogen (secondary N) is 1. The van der Waals surface area contributed by atoms with Gasteiger partial charge in [-0.2, -0.15) is 0 Å². The lowest BCUT2D eigenvalue weighted by atomic mass is 10.0. The van der Waals surface area contributed by atoms with Gasteiger partial charge in [0.15, 0.2) is 0 Å². The largest absolute Gasteiger partial charge is 0.478 e. The number of carboxylic acids is 1. The first kappa shape index (κ1) is 17.8. The molecule has 23 heavy (non-hydrogen) atoms. The molecule has 5 nitrogen and oxygen atoms in total. The number of rotatable bonds is 6. The molecule has 6 heteroatoms. The van der Waals surface area contributed by atoms with Gasteiger partial charge in [-0.25, -0.2) is 9.78 Å². The average molecular weight is 338 g/mol. The van der Waals surface area contributed by atoms with Crippen molar-refractivity contribution in [1.29, 1.82) is 0 Å². The number of carboxylic acid groups (broad SMARTS) is 1. The van der Waals surface area contributed by atoms with Crippen LogP contribution in [0.25, 0.3) is 6.08 Å². The summed E-state index contributed by atoms with van der Waals surface area (Å²) < 4.78 is 0. The van der Waals surface area contributed by atoms with E-state index in [0.29, 0.717) is 28.4 Å². The molecule has 1 aromatic heterocycles. The molecule has 1 aromatic rings. The van der Waals surface area contributed by atoms with E-state index >= 15 is 0 Å². The molecule has 0 amide bonds. The maximum absolute atomic E-state index is 10.5. The number of aromatic nitrogens is 1. The zero-order chi connectivity index (χ0) is 16.8. The highest BCUT2D eigenvalue weighted by Crippen LogP contribution is 2.24. The van der Waals surface area contributed by atoms with Gasteiger partial charge >= 0.3 is 5.97 Å². The van der Waals surface area contributed by atoms with Crippen molar-refractivity contribution in [2.45, 2.75) is 32.7 Å². The standard InChI is InChI=1S/C17H24ClN3O2/c1-12(2)11-21-7-5-14(6-8-21)20-17-15(18)9-13(10-19-17)3-4-16(22)23/h3-4,9-10,12,14H,5-8,11H2,1-2H3,(H,19,20)(H,22,23)/b4-3+. The van der Waals surface area contributed by atoms with Crippen LogP contribution < -0.4 is 5.32 Å². The summed E-state index contributed by atoms with van der Waals surface area (Å²) in [5.41, 5.74) is 0.676. The van der Waals surface area contributed by atoms with Crippen molar-refractivity contribution in [2.24, 2.45) is 5.92 Å². The summed E-state index contributed by atoms with van der Waals surface area (Å²) >= 11 is 6.24. The Labute approximate surface area is 142 Å². The summed E-state index contributed by atoms with van der Waals surface area (Å²) in [6, 6.07) is 2.10. The minimum Gasteiger partial charge on any atom is -0.478 e. The summed E-state index contributed by atoms with van der Waals surface area (Å²) in [5, 5.41) is 12.6. The first-order valence-electron chi connectivity index (χ1n) is 7.99. The zero-order valence-corrected chi connectivity index (χ0v) is 14.4. The van der Waals surface area contributed by atoms with Crippen LogP contribution in [0.4, 0.5) is 5.82 Å². The van der Waals surface area contributed by atoms with Gasteiger partial charge < -0.3 is 15.3 Å². The maximum Gasteiger partial charge on any atom is 0.328 e. The van der Waals surface area contributed by atoms with Crippen molar-refractivity contribution >= 4 is 29.5 Å². The predicted molar refractivity (Wildman–Crippen MR) is 93.8 cm³/mol. The van der Waals surface area contributed by atoms with Gasteiger partial charge in [-0.3, -0.25) is 0 Å². The second kappa shape index (κ2) is 8.31. The lowest BCUT2D eigenvalue weighted by molar-refractivity contribution is -0.131. The van der Waals surface area contributed by atoms with E-state index in [1.165, 1.54) is 6.08 Å². The molecule has 0 bridgehead atoms. The van der Waals surface area contributed by atoms with Crippen molar-refractivity contribution in [3.05, 3.63) is 28.9 Å². The molecule has 0 saturated carbocycles. The Balaban J connectivity index is 1.90. The molecule has 0 atom stereocenters. The van der Waals surface area contributed by atoms with E-state index < -0.39 is 5.97 Å². The van der Waals surface area contributed by atoms with Crippen LogP contribution in [0, 0.1) is 5.92 Å². The second-order valence-electron chi connectivity index (χ2n) is 6.38. The van der Waals surface area contributed by atoms with Crippen molar-refractivity contribution < 1.29 is 9.90 Å². The van der Waals surface area contributed by atoms with Gasteiger partial charge in [-0.05, 0) is 36.5 Å². The van der Waals surface area contributed by atoms with E-state index in [-0.39, 0.29) is 0 Å². The van der Waals surface area contributed by atoms with Crippen LogP contribution in [0.1, 0.15) is 32.3 Å². The number of piperidine rings is 1. The smallest absolute Gasteiger partial charge is 0.328 e. The fraction of sp³-hybridized carbons (Fsp3) is 0.529. The number of pyridine rings is 1. The molecule has 1 fully saturated rings. The molecule has 2 heterocycles. The summed E-state index contributed by atoms with van der Waals surface area (Å²) in [5.74, 6) is 0.375. The zero-order valence-electron chi connectivity index (χ0n) is 13.6. The Kier molecular flexibility index (Phi) is 6.42. The lowest BCUT2D eigenvalue weighted by Crippen LogP contribution is -2.40. The Morgan fingerprint density at radius 3 is 2.78 bits per heavy atom. The minimum atomic E-state index is -0.989. The van der Waals surface area contributed by atoms with Crippen LogP contribution in [0.3, 0.4) is 0 Å². The third-order valence-corrected chi connectivity index (χ3v) is 4.12. The molecular formula is C17H24ClN3O2. The molecule has 2 N–H and O–H groups in total. The van der Waals surface area contributed by atoms with Crippen LogP contribution in [0.15, 0.2) is 18.3 Å². The van der Waals surface area contributed by atoms with Gasteiger partial charge in [-0.1, -0.05) is 25.4 Å². The van der Waals surface area contributed by atoms with Crippen molar-refractivity contribution in [2.75, 3.05) is 25.0 Å². The molecule has 0 radical (unpaired) electrons. The highest BCUT2D eigenvalue weighted by Gasteiger charge is 2.20. The average Bonchev–Trinajstić information content (AvgIpc) is 2.49. The highest BCUT2D eigenvalue weighted by atomic mass is 35.5. The van der Waals surface area contributed by atoms with Gasteiger partial charge in [-0.15, -0.1) is 0 Å². The first-order chi connectivity index (χ1) is 10.9. The number of likely N-dealkylation sites (tertiary alicyclic amines) is 1. The van der Waals surface area contributed by atoms with Crippen molar-refractivity contribution in [1.82, 2.24) is 9.88 Å². The second-order valence-corrected chi connectivity index (χ2v) is 6.79. The normalized spacial score (nSPS) is 17.0. The topological polar surface area (TPSA) is 65.5 Å². The van der Waals surface area contributed by atoms with Crippen LogP contribution in [0.5, 0.6) is 0 Å². The van der Waals surface area contributed by atoms with Crippen LogP contribution in [-0.4, -0.2) is 46.6 Å². The third kappa shape index (κ3) is 5.84. The monoisotopic (exact) mass is 337 g/mol. The number of hydrogen-bond acceptors (Lipinski definition) is 4. The predicted octanol–water partition coefficient (Wildman–Crippen LogP) is 3.37. The number of nitrogens with zero attached hydrogens (tertiary/aromatic N) is 2. The molecule has 1 saturated heterocycles. The summed E-state index contributed by atoms with van der Waals surface area (Å²) in [4.78, 5) is 17.3. The van der Waals surface area contributed by atoms with E-state index in [9.17, 15) is 4.79 Å². The van der Waals surface area contributed by atoms with Crippen molar-refractivity contribution in [3.8, 4) is 0 Å². The molecule has 0 spiro atoms. The van der Waals surface area contributed by atoms with E-state index in [4.69, 9.17) is 16.7 Å². The van der Waals surface area contributed by atoms with Gasteiger partial charge in [0.05, 0.1) is 5.02 Å². The van der Waals surface area contributed by atoms with Crippen LogP contribution in [-0.2, 0) is 4.79 Å². The van der Waals surface area contributed by atoms with Gasteiger partial charge in [0.2, 0.25) is 0 Å². The summed E-state index contributed by atoms with van der Waals surface area (Å²) in [6.45, 7) is 7.82. The van der Waals surface area contributed by atoms with E-state index in [0.717, 1.165) is 38.6 Å². The van der Waals surface area contributed by atoms with E-state index in [1.807, 2.05) is 0 Å². The maximum atomic E-state index is 10.5. The summed E-state index contributed by atoms with van der Waals surface area (Å²) in [6.07, 6.45) is 6.33. The van der Waals surface area contributed by atoms with E-state index in [1.54, 1.807) is 12.3 Å². The van der Waals surface area contributed by atoms with Crippen LogP contribution in [0.2, 0.25) is 5.02 Å². The lowest BCUT2D eigenvalue weighted by Gasteiger charge is -2.33. The molecule has 1 aliphatic heterocycles. The third-order valence-electron chi connectivity index (χ3n) is 3.83. The van der Waals surface area contributed by atoms with Crippen molar-refractivity contribution in [3.63, 3.8) is 0 Å². The number of hydrogen-bond donors (Lipinski definition) is 2. The molecule has 0 unspecified atom stereocenters. The molecule has 0 aliphatic carbocycles. The number of carbonyl (C=O) groups is 1. The van der Waals surface area contributed by atoms with Gasteiger partial charge in [0.1, 0.15) is 5.82 Å². The van der Waals surface area contributed by atoms with Crippen LogP contribution >= 0.6 is 11.6 Å². The Hall–Kier alpha value is -1.59. The minimum absolute atomic E-state index is 0.379. The number of anilines is 1. The van der Waals surface area contributed by atoms with Gasteiger partial charge in [0, 0.05) is 37.9 Å². The fourth-order valence-corrected chi connectivity index (χ4v) is 3.02. The van der Waals surface area contributed by atoms with Gasteiger partial charge in [0.25, 0.3) is 0 Å². The first-order valence-corrected chi connectivity index (χ1v) is 8.37. The Morgan fingerprint density at radius 1 is 1.52 bits per heavy atom. The number of halogens is 1.